The summed E-state index contributed by atoms with van der Waals surface area (Å²) in [5, 5.41) is 0.823. The lowest BCUT2D eigenvalue weighted by Crippen LogP contribution is -2.53. The fourth-order valence-electron chi connectivity index (χ4n) is 2.86. The van der Waals surface area contributed by atoms with Crippen LogP contribution < -0.4 is 0 Å². The number of carbonyl (C=O) groups is 2. The van der Waals surface area contributed by atoms with E-state index in [9.17, 15) is 9.59 Å². The molecule has 0 N–H and O–H groups in total. The number of benzene rings is 1. The van der Waals surface area contributed by atoms with E-state index in [0.717, 1.165) is 5.56 Å². The first kappa shape index (κ1) is 16.8. The lowest BCUT2D eigenvalue weighted by atomic mass is 9.71. The highest BCUT2D eigenvalue weighted by molar-refractivity contribution is 6.42. The Morgan fingerprint density at radius 3 is 2.50 bits per heavy atom. The molecule has 116 valence electrons. The van der Waals surface area contributed by atoms with Gasteiger partial charge in [-0.1, -0.05) is 41.4 Å². The second-order valence-corrected chi connectivity index (χ2v) is 6.12. The van der Waals surface area contributed by atoms with Crippen LogP contribution in [0, 0.1) is 0 Å². The van der Waals surface area contributed by atoms with Gasteiger partial charge in [0.1, 0.15) is 0 Å². The summed E-state index contributed by atoms with van der Waals surface area (Å²) in [6.45, 7) is 7.57. The number of nitrogens with zero attached hydrogens (tertiary/aromatic N) is 1. The van der Waals surface area contributed by atoms with E-state index >= 15 is 0 Å². The van der Waals surface area contributed by atoms with Crippen molar-refractivity contribution in [3.63, 3.8) is 0 Å². The molecule has 1 aromatic rings. The van der Waals surface area contributed by atoms with E-state index in [0.29, 0.717) is 29.3 Å². The molecule has 0 bridgehead atoms. The molecule has 22 heavy (non-hydrogen) atoms. The number of amides is 2. The van der Waals surface area contributed by atoms with Crippen molar-refractivity contribution in [1.29, 1.82) is 0 Å². The standard InChI is InChI=1S/C17H17Cl2NO2/c1-3-8-17(12-5-6-13(18)14(19)11-12)9-7-15(21)20(10-4-2)16(17)22/h3-6,11H,1-2,7-10H2. The lowest BCUT2D eigenvalue weighted by Gasteiger charge is -2.40. The van der Waals surface area contributed by atoms with Crippen molar-refractivity contribution in [3.05, 3.63) is 59.1 Å². The van der Waals surface area contributed by atoms with Crippen LogP contribution in [0.15, 0.2) is 43.5 Å². The molecule has 2 amide bonds. The number of allylic oxidation sites excluding steroid dienone is 1. The molecule has 0 aromatic heterocycles. The Kier molecular flexibility index (Phi) is 5.09. The van der Waals surface area contributed by atoms with Crippen LogP contribution in [0.5, 0.6) is 0 Å². The first-order valence-electron chi connectivity index (χ1n) is 6.98. The molecule has 1 heterocycles. The van der Waals surface area contributed by atoms with E-state index in [1.807, 2.05) is 0 Å². The van der Waals surface area contributed by atoms with Crippen molar-refractivity contribution in [2.24, 2.45) is 0 Å². The van der Waals surface area contributed by atoms with Crippen LogP contribution >= 0.6 is 23.2 Å². The van der Waals surface area contributed by atoms with Crippen LogP contribution in [0.4, 0.5) is 0 Å². The molecular formula is C17H17Cl2NO2. The molecule has 0 radical (unpaired) electrons. The summed E-state index contributed by atoms with van der Waals surface area (Å²) >= 11 is 12.1. The largest absolute Gasteiger partial charge is 0.278 e. The molecule has 1 saturated heterocycles. The Labute approximate surface area is 140 Å². The summed E-state index contributed by atoms with van der Waals surface area (Å²) in [6, 6.07) is 5.16. The summed E-state index contributed by atoms with van der Waals surface area (Å²) in [5.74, 6) is -0.411. The Hall–Kier alpha value is -1.58. The van der Waals surface area contributed by atoms with Crippen molar-refractivity contribution in [3.8, 4) is 0 Å². The molecule has 1 atom stereocenters. The average molecular weight is 338 g/mol. The molecule has 3 nitrogen and oxygen atoms in total. The van der Waals surface area contributed by atoms with Crippen LogP contribution in [-0.2, 0) is 15.0 Å². The SMILES string of the molecule is C=CCN1C(=O)CCC(CC=C)(c2ccc(Cl)c(Cl)c2)C1=O. The number of hydrogen-bond acceptors (Lipinski definition) is 2. The number of rotatable bonds is 5. The maximum atomic E-state index is 13.0. The highest BCUT2D eigenvalue weighted by Crippen LogP contribution is 2.41. The fourth-order valence-corrected chi connectivity index (χ4v) is 3.16. The molecule has 0 spiro atoms. The molecule has 1 fully saturated rings. The van der Waals surface area contributed by atoms with Gasteiger partial charge in [-0.2, -0.15) is 0 Å². The van der Waals surface area contributed by atoms with E-state index in [2.05, 4.69) is 13.2 Å². The van der Waals surface area contributed by atoms with E-state index in [1.165, 1.54) is 4.90 Å². The van der Waals surface area contributed by atoms with Crippen LogP contribution in [0.1, 0.15) is 24.8 Å². The third kappa shape index (κ3) is 2.83. The second-order valence-electron chi connectivity index (χ2n) is 5.30. The Morgan fingerprint density at radius 2 is 1.91 bits per heavy atom. The smallest absolute Gasteiger partial charge is 0.240 e. The number of piperidine rings is 1. The maximum absolute atomic E-state index is 13.0. The van der Waals surface area contributed by atoms with Crippen molar-refractivity contribution < 1.29 is 9.59 Å². The molecule has 5 heteroatoms. The molecule has 1 aromatic carbocycles. The zero-order valence-corrected chi connectivity index (χ0v) is 13.7. The minimum atomic E-state index is -0.826. The number of halogens is 2. The predicted molar refractivity (Wildman–Crippen MR) is 89.1 cm³/mol. The summed E-state index contributed by atoms with van der Waals surface area (Å²) in [7, 11) is 0. The maximum Gasteiger partial charge on any atom is 0.240 e. The third-order valence-electron chi connectivity index (χ3n) is 4.00. The van der Waals surface area contributed by atoms with Gasteiger partial charge < -0.3 is 0 Å². The van der Waals surface area contributed by atoms with Gasteiger partial charge >= 0.3 is 0 Å². The second kappa shape index (κ2) is 6.67. The minimum Gasteiger partial charge on any atom is -0.278 e. The Morgan fingerprint density at radius 1 is 1.18 bits per heavy atom. The van der Waals surface area contributed by atoms with E-state index in [4.69, 9.17) is 23.2 Å². The minimum absolute atomic E-state index is 0.176. The molecular weight excluding hydrogens is 321 g/mol. The van der Waals surface area contributed by atoms with Crippen molar-refractivity contribution in [1.82, 2.24) is 4.90 Å². The Bertz CT molecular complexity index is 642. The zero-order valence-electron chi connectivity index (χ0n) is 12.1. The van der Waals surface area contributed by atoms with Crippen molar-refractivity contribution in [2.45, 2.75) is 24.7 Å². The molecule has 0 saturated carbocycles. The zero-order chi connectivity index (χ0) is 16.3. The number of imide groups is 1. The van der Waals surface area contributed by atoms with Crippen LogP contribution in [0.25, 0.3) is 0 Å². The number of likely N-dealkylation sites (tertiary alicyclic amines) is 1. The van der Waals surface area contributed by atoms with E-state index in [-0.39, 0.29) is 18.4 Å². The van der Waals surface area contributed by atoms with Crippen molar-refractivity contribution >= 4 is 35.0 Å². The van der Waals surface area contributed by atoms with Crippen molar-refractivity contribution in [2.75, 3.05) is 6.54 Å². The molecule has 0 aliphatic carbocycles. The lowest BCUT2D eigenvalue weighted by molar-refractivity contribution is -0.152. The topological polar surface area (TPSA) is 37.4 Å². The average Bonchev–Trinajstić information content (AvgIpc) is 2.50. The van der Waals surface area contributed by atoms with E-state index in [1.54, 1.807) is 30.4 Å². The molecule has 1 aliphatic rings. The molecule has 1 aliphatic heterocycles. The summed E-state index contributed by atoms with van der Waals surface area (Å²) < 4.78 is 0. The first-order chi connectivity index (χ1) is 10.5. The van der Waals surface area contributed by atoms with Crippen LogP contribution in [0.2, 0.25) is 10.0 Å². The van der Waals surface area contributed by atoms with Crippen LogP contribution in [-0.4, -0.2) is 23.3 Å². The summed E-state index contributed by atoms with van der Waals surface area (Å²) in [5.41, 5.74) is -0.0687. The van der Waals surface area contributed by atoms with Crippen LogP contribution in [0.3, 0.4) is 0 Å². The van der Waals surface area contributed by atoms with E-state index < -0.39 is 5.41 Å². The number of carbonyl (C=O) groups excluding carboxylic acids is 2. The van der Waals surface area contributed by atoms with Gasteiger partial charge in [0.05, 0.1) is 15.5 Å². The normalized spacial score (nSPS) is 21.8. The highest BCUT2D eigenvalue weighted by Gasteiger charge is 2.47. The predicted octanol–water partition coefficient (Wildman–Crippen LogP) is 4.14. The van der Waals surface area contributed by atoms with Gasteiger partial charge in [0, 0.05) is 13.0 Å². The van der Waals surface area contributed by atoms with Gasteiger partial charge in [-0.3, -0.25) is 14.5 Å². The van der Waals surface area contributed by atoms with Gasteiger partial charge in [-0.05, 0) is 30.5 Å². The summed E-state index contributed by atoms with van der Waals surface area (Å²) in [6.07, 6.45) is 4.41. The molecule has 1 unspecified atom stereocenters. The third-order valence-corrected chi connectivity index (χ3v) is 4.74. The fraction of sp³-hybridized carbons (Fsp3) is 0.294. The Balaban J connectivity index is 2.53. The van der Waals surface area contributed by atoms with Gasteiger partial charge in [0.2, 0.25) is 11.8 Å². The first-order valence-corrected chi connectivity index (χ1v) is 7.74. The number of hydrogen-bond donors (Lipinski definition) is 0. The van der Waals surface area contributed by atoms with Gasteiger partial charge in [0.15, 0.2) is 0 Å². The quantitative estimate of drug-likeness (QED) is 0.598. The summed E-state index contributed by atoms with van der Waals surface area (Å²) in [4.78, 5) is 26.2. The van der Waals surface area contributed by atoms with Gasteiger partial charge in [0.25, 0.3) is 0 Å². The monoisotopic (exact) mass is 337 g/mol. The molecule has 2 rings (SSSR count). The highest BCUT2D eigenvalue weighted by atomic mass is 35.5. The van der Waals surface area contributed by atoms with Gasteiger partial charge in [-0.15, -0.1) is 13.2 Å². The van der Waals surface area contributed by atoms with Gasteiger partial charge in [-0.25, -0.2) is 0 Å².